The molecule has 1 aromatic heterocycles. The number of rotatable bonds is 3. The van der Waals surface area contributed by atoms with E-state index in [1.165, 1.54) is 24.3 Å². The molecule has 4 rings (SSSR count). The number of hydrogen-bond donors (Lipinski definition) is 0. The van der Waals surface area contributed by atoms with E-state index in [0.29, 0.717) is 37.7 Å². The molecule has 0 saturated carbocycles. The summed E-state index contributed by atoms with van der Waals surface area (Å²) in [6.07, 6.45) is -4.62. The van der Waals surface area contributed by atoms with Crippen molar-refractivity contribution in [3.05, 3.63) is 50.5 Å². The normalized spacial score (nSPS) is 21.8. The molecule has 2 aromatic rings. The second-order valence-electron chi connectivity index (χ2n) is 7.54. The van der Waals surface area contributed by atoms with Crippen LogP contribution < -0.4 is 15.4 Å². The summed E-state index contributed by atoms with van der Waals surface area (Å²) in [5.41, 5.74) is -2.42. The summed E-state index contributed by atoms with van der Waals surface area (Å²) in [4.78, 5) is 20.0. The van der Waals surface area contributed by atoms with Crippen LogP contribution in [0, 0.1) is 5.82 Å². The van der Waals surface area contributed by atoms with Gasteiger partial charge in [0.15, 0.2) is 5.54 Å². The average molecular weight is 491 g/mol. The second kappa shape index (κ2) is 7.52. The average Bonchev–Trinajstić information content (AvgIpc) is 2.99. The topological polar surface area (TPSA) is 50.6 Å². The summed E-state index contributed by atoms with van der Waals surface area (Å²) in [6, 6.07) is 5.30. The maximum absolute atomic E-state index is 14.1. The highest BCUT2D eigenvalue weighted by atomic mass is 79.9. The van der Waals surface area contributed by atoms with E-state index in [1.807, 2.05) is 4.90 Å². The van der Waals surface area contributed by atoms with Gasteiger partial charge in [-0.3, -0.25) is 9.36 Å². The lowest BCUT2D eigenvalue weighted by Crippen LogP contribution is -2.55. The molecule has 2 aliphatic rings. The van der Waals surface area contributed by atoms with Crippen molar-refractivity contribution in [2.75, 3.05) is 36.1 Å². The third-order valence-corrected chi connectivity index (χ3v) is 6.16. The highest BCUT2D eigenvalue weighted by Crippen LogP contribution is 2.44. The van der Waals surface area contributed by atoms with E-state index in [4.69, 9.17) is 4.74 Å². The van der Waals surface area contributed by atoms with E-state index >= 15 is 0 Å². The number of anilines is 2. The van der Waals surface area contributed by atoms with Crippen LogP contribution in [0.15, 0.2) is 33.5 Å². The van der Waals surface area contributed by atoms with Gasteiger partial charge in [-0.15, -0.1) is 0 Å². The number of benzene rings is 1. The number of fused-ring (bicyclic) bond motifs is 1. The zero-order valence-corrected chi connectivity index (χ0v) is 17.6. The number of ether oxygens (including phenoxy) is 1. The van der Waals surface area contributed by atoms with E-state index < -0.39 is 29.6 Å². The molecule has 6 nitrogen and oxygen atoms in total. The second-order valence-corrected chi connectivity index (χ2v) is 8.40. The van der Waals surface area contributed by atoms with E-state index in [-0.39, 0.29) is 17.0 Å². The third kappa shape index (κ3) is 3.58. The van der Waals surface area contributed by atoms with Gasteiger partial charge in [-0.05, 0) is 40.5 Å². The van der Waals surface area contributed by atoms with Gasteiger partial charge in [0, 0.05) is 25.7 Å². The van der Waals surface area contributed by atoms with Crippen LogP contribution in [0.2, 0.25) is 0 Å². The van der Waals surface area contributed by atoms with E-state index in [1.54, 1.807) is 0 Å². The first-order chi connectivity index (χ1) is 14.1. The molecule has 0 spiro atoms. The number of morpholine rings is 1. The molecule has 0 aliphatic carbocycles. The third-order valence-electron chi connectivity index (χ3n) is 5.55. The van der Waals surface area contributed by atoms with E-state index in [9.17, 15) is 22.4 Å². The van der Waals surface area contributed by atoms with Crippen LogP contribution in [0.4, 0.5) is 29.3 Å². The molecule has 162 valence electrons. The maximum Gasteiger partial charge on any atom is 0.413 e. The predicted molar refractivity (Wildman–Crippen MR) is 106 cm³/mol. The number of nitrogens with zero attached hydrogens (tertiary/aromatic N) is 4. The van der Waals surface area contributed by atoms with Crippen molar-refractivity contribution in [2.24, 2.45) is 0 Å². The van der Waals surface area contributed by atoms with Crippen LogP contribution in [-0.4, -0.2) is 47.6 Å². The Morgan fingerprint density at radius 3 is 2.57 bits per heavy atom. The Balaban J connectivity index is 1.80. The van der Waals surface area contributed by atoms with Crippen molar-refractivity contribution in [1.82, 2.24) is 9.55 Å². The lowest BCUT2D eigenvalue weighted by molar-refractivity contribution is -0.182. The quantitative estimate of drug-likeness (QED) is 0.617. The standard InChI is InChI=1S/C19H19BrF4N4O2/c1-18(19(22,23)24)11-27-16(29)9-15(26-4-6-30-7-5-26)25-17(27)28(18)10-12-2-3-14(21)13(20)8-12/h2-3,8-9H,4-7,10-11H2,1H3/t18-/m0/s1. The van der Waals surface area contributed by atoms with Gasteiger partial charge in [0.05, 0.1) is 24.2 Å². The molecule has 0 amide bonds. The summed E-state index contributed by atoms with van der Waals surface area (Å²) >= 11 is 3.07. The van der Waals surface area contributed by atoms with Crippen LogP contribution in [-0.2, 0) is 17.8 Å². The van der Waals surface area contributed by atoms with Crippen molar-refractivity contribution in [1.29, 1.82) is 0 Å². The van der Waals surface area contributed by atoms with Crippen molar-refractivity contribution in [3.63, 3.8) is 0 Å². The molecular weight excluding hydrogens is 472 g/mol. The highest BCUT2D eigenvalue weighted by molar-refractivity contribution is 9.10. The fourth-order valence-corrected chi connectivity index (χ4v) is 4.14. The number of alkyl halides is 3. The van der Waals surface area contributed by atoms with Gasteiger partial charge < -0.3 is 14.5 Å². The van der Waals surface area contributed by atoms with Crippen molar-refractivity contribution in [2.45, 2.75) is 31.7 Å². The smallest absolute Gasteiger partial charge is 0.378 e. The summed E-state index contributed by atoms with van der Waals surface area (Å²) in [5.74, 6) is -0.237. The molecule has 0 bridgehead atoms. The van der Waals surface area contributed by atoms with Crippen LogP contribution >= 0.6 is 15.9 Å². The summed E-state index contributed by atoms with van der Waals surface area (Å²) in [6.45, 7) is 2.20. The van der Waals surface area contributed by atoms with Gasteiger partial charge in [-0.1, -0.05) is 6.07 Å². The van der Waals surface area contributed by atoms with E-state index in [2.05, 4.69) is 20.9 Å². The lowest BCUT2D eigenvalue weighted by Gasteiger charge is -2.37. The number of aromatic nitrogens is 2. The van der Waals surface area contributed by atoms with Gasteiger partial charge in [-0.25, -0.2) is 4.39 Å². The van der Waals surface area contributed by atoms with Gasteiger partial charge in [0.25, 0.3) is 5.56 Å². The molecule has 0 unspecified atom stereocenters. The molecule has 1 fully saturated rings. The Labute approximate surface area is 178 Å². The van der Waals surface area contributed by atoms with Gasteiger partial charge in [-0.2, -0.15) is 18.2 Å². The molecule has 1 aromatic carbocycles. The van der Waals surface area contributed by atoms with Crippen LogP contribution in [0.3, 0.4) is 0 Å². The summed E-state index contributed by atoms with van der Waals surface area (Å²) < 4.78 is 62.4. The Morgan fingerprint density at radius 2 is 1.93 bits per heavy atom. The Kier molecular flexibility index (Phi) is 5.29. The number of hydrogen-bond acceptors (Lipinski definition) is 5. The molecule has 3 heterocycles. The molecule has 1 atom stereocenters. The molecule has 2 aliphatic heterocycles. The van der Waals surface area contributed by atoms with Crippen molar-refractivity contribution < 1.29 is 22.3 Å². The molecular formula is C19H19BrF4N4O2. The molecule has 0 radical (unpaired) electrons. The first-order valence-electron chi connectivity index (χ1n) is 9.33. The SMILES string of the molecule is C[C@@]1(C(F)(F)F)Cn2c(nc(N3CCOCC3)cc2=O)N1Cc1ccc(F)c(Br)c1. The monoisotopic (exact) mass is 490 g/mol. The summed E-state index contributed by atoms with van der Waals surface area (Å²) in [5, 5.41) is 0. The minimum Gasteiger partial charge on any atom is -0.378 e. The summed E-state index contributed by atoms with van der Waals surface area (Å²) in [7, 11) is 0. The van der Waals surface area contributed by atoms with Crippen LogP contribution in [0.25, 0.3) is 0 Å². The molecule has 1 saturated heterocycles. The first kappa shape index (κ1) is 21.1. The molecule has 0 N–H and O–H groups in total. The number of halogens is 5. The van der Waals surface area contributed by atoms with Crippen LogP contribution in [0.1, 0.15) is 12.5 Å². The maximum atomic E-state index is 14.1. The molecule has 30 heavy (non-hydrogen) atoms. The zero-order valence-electron chi connectivity index (χ0n) is 16.0. The van der Waals surface area contributed by atoms with E-state index in [0.717, 1.165) is 16.4 Å². The Morgan fingerprint density at radius 1 is 1.23 bits per heavy atom. The van der Waals surface area contributed by atoms with Crippen LogP contribution in [0.5, 0.6) is 0 Å². The fourth-order valence-electron chi connectivity index (χ4n) is 3.71. The lowest BCUT2D eigenvalue weighted by atomic mass is 10.00. The van der Waals surface area contributed by atoms with Crippen molar-refractivity contribution in [3.8, 4) is 0 Å². The minimum absolute atomic E-state index is 0.0516. The van der Waals surface area contributed by atoms with Gasteiger partial charge in [0.1, 0.15) is 11.6 Å². The highest BCUT2D eigenvalue weighted by Gasteiger charge is 2.59. The Bertz CT molecular complexity index is 1020. The Hall–Kier alpha value is -2.14. The largest absolute Gasteiger partial charge is 0.413 e. The first-order valence-corrected chi connectivity index (χ1v) is 10.1. The predicted octanol–water partition coefficient (Wildman–Crippen LogP) is 3.32. The van der Waals surface area contributed by atoms with Gasteiger partial charge in [0.2, 0.25) is 5.95 Å². The van der Waals surface area contributed by atoms with Crippen molar-refractivity contribution >= 4 is 27.7 Å². The minimum atomic E-state index is -4.62. The van der Waals surface area contributed by atoms with Gasteiger partial charge >= 0.3 is 6.18 Å². The fraction of sp³-hybridized carbons (Fsp3) is 0.474. The zero-order chi connectivity index (χ0) is 21.7. The molecule has 11 heteroatoms.